The van der Waals surface area contributed by atoms with Gasteiger partial charge in [-0.1, -0.05) is 12.1 Å². The fourth-order valence-corrected chi connectivity index (χ4v) is 4.52. The lowest BCUT2D eigenvalue weighted by atomic mass is 10.0. The zero-order valence-electron chi connectivity index (χ0n) is 15.4. The van der Waals surface area contributed by atoms with Crippen LogP contribution in [0.3, 0.4) is 0 Å². The third-order valence-corrected chi connectivity index (χ3v) is 6.13. The summed E-state index contributed by atoms with van der Waals surface area (Å²) in [6, 6.07) is 11.5. The minimum atomic E-state index is -3.83. The van der Waals surface area contributed by atoms with Crippen molar-refractivity contribution in [3.05, 3.63) is 78.8 Å². The van der Waals surface area contributed by atoms with Gasteiger partial charge in [0.1, 0.15) is 4.90 Å². The van der Waals surface area contributed by atoms with Gasteiger partial charge >= 0.3 is 0 Å². The van der Waals surface area contributed by atoms with E-state index in [4.69, 9.17) is 0 Å². The number of halogens is 2. The highest BCUT2D eigenvalue weighted by molar-refractivity contribution is 7.90. The van der Waals surface area contributed by atoms with Crippen LogP contribution in [0.1, 0.15) is 5.56 Å². The van der Waals surface area contributed by atoms with Crippen LogP contribution >= 0.6 is 12.4 Å². The van der Waals surface area contributed by atoms with E-state index in [1.807, 2.05) is 12.1 Å². The fraction of sp³-hybridized carbons (Fsp3) is 0.100. The first-order valence-corrected chi connectivity index (χ1v) is 10.0. The molecule has 0 aliphatic rings. The number of hydrogen-bond acceptors (Lipinski definition) is 5. The van der Waals surface area contributed by atoms with Crippen molar-refractivity contribution in [2.24, 2.45) is 0 Å². The molecular formula is C20H18ClFN4O2S. The molecular weight excluding hydrogens is 415 g/mol. The first kappa shape index (κ1) is 20.9. The summed E-state index contributed by atoms with van der Waals surface area (Å²) in [5.41, 5.74) is 2.68. The van der Waals surface area contributed by atoms with Crippen LogP contribution in [0.25, 0.3) is 22.0 Å². The summed E-state index contributed by atoms with van der Waals surface area (Å²) >= 11 is 0. The number of nitrogens with zero attached hydrogens (tertiary/aromatic N) is 3. The molecule has 6 nitrogen and oxygen atoms in total. The van der Waals surface area contributed by atoms with Crippen molar-refractivity contribution in [2.45, 2.75) is 11.4 Å². The molecule has 3 heterocycles. The van der Waals surface area contributed by atoms with Gasteiger partial charge in [0.15, 0.2) is 0 Å². The van der Waals surface area contributed by atoms with Crippen LogP contribution in [-0.2, 0) is 16.6 Å². The standard InChI is InChI=1S/C20H17FN4O2S.ClH/c1-22-11-16-13-25(28(26,27)17-3-2-7-23-12-17)19-9-14(4-5-18(16)19)15-6-8-24-20(21)10-15;/h2-10,12-13,22H,11H2,1H3;1H. The maximum atomic E-state index is 13.5. The van der Waals surface area contributed by atoms with Crippen molar-refractivity contribution in [1.29, 1.82) is 0 Å². The van der Waals surface area contributed by atoms with Crippen molar-refractivity contribution < 1.29 is 12.8 Å². The van der Waals surface area contributed by atoms with Gasteiger partial charge in [-0.05, 0) is 48.0 Å². The van der Waals surface area contributed by atoms with Gasteiger partial charge in [-0.2, -0.15) is 4.39 Å². The molecule has 0 saturated carbocycles. The molecule has 0 aliphatic carbocycles. The van der Waals surface area contributed by atoms with E-state index in [1.54, 1.807) is 31.4 Å². The Morgan fingerprint density at radius 1 is 1.10 bits per heavy atom. The van der Waals surface area contributed by atoms with E-state index in [2.05, 4.69) is 15.3 Å². The van der Waals surface area contributed by atoms with E-state index in [0.29, 0.717) is 23.2 Å². The molecule has 0 spiro atoms. The van der Waals surface area contributed by atoms with Crippen LogP contribution < -0.4 is 5.32 Å². The molecule has 150 valence electrons. The van der Waals surface area contributed by atoms with Crippen molar-refractivity contribution in [2.75, 3.05) is 7.05 Å². The molecule has 4 aromatic rings. The summed E-state index contributed by atoms with van der Waals surface area (Å²) in [7, 11) is -2.03. The molecule has 0 radical (unpaired) electrons. The summed E-state index contributed by atoms with van der Waals surface area (Å²) in [6.07, 6.45) is 5.84. The summed E-state index contributed by atoms with van der Waals surface area (Å²) in [4.78, 5) is 7.59. The molecule has 3 aromatic heterocycles. The van der Waals surface area contributed by atoms with Crippen LogP contribution in [-0.4, -0.2) is 29.4 Å². The zero-order chi connectivity index (χ0) is 19.7. The number of pyridine rings is 2. The highest BCUT2D eigenvalue weighted by Crippen LogP contribution is 2.30. The van der Waals surface area contributed by atoms with Crippen molar-refractivity contribution in [1.82, 2.24) is 19.3 Å². The third-order valence-electron chi connectivity index (χ3n) is 4.47. The Morgan fingerprint density at radius 3 is 2.59 bits per heavy atom. The van der Waals surface area contributed by atoms with E-state index in [9.17, 15) is 12.8 Å². The third kappa shape index (κ3) is 3.87. The SMILES string of the molecule is CNCc1cn(S(=O)(=O)c2cccnc2)c2cc(-c3ccnc(F)c3)ccc12.Cl. The Bertz CT molecular complexity index is 1260. The number of rotatable bonds is 5. The normalized spacial score (nSPS) is 11.4. The summed E-state index contributed by atoms with van der Waals surface area (Å²) in [5, 5.41) is 3.86. The van der Waals surface area contributed by atoms with E-state index in [1.165, 1.54) is 34.7 Å². The maximum absolute atomic E-state index is 13.5. The molecule has 9 heteroatoms. The fourth-order valence-electron chi connectivity index (χ4n) is 3.17. The molecule has 0 unspecified atom stereocenters. The van der Waals surface area contributed by atoms with Gasteiger partial charge in [0.05, 0.1) is 5.52 Å². The van der Waals surface area contributed by atoms with Gasteiger partial charge in [-0.3, -0.25) is 4.98 Å². The second kappa shape index (κ2) is 8.28. The average Bonchev–Trinajstić information content (AvgIpc) is 3.08. The van der Waals surface area contributed by atoms with Crippen LogP contribution in [0.5, 0.6) is 0 Å². The number of hydrogen-bond donors (Lipinski definition) is 1. The highest BCUT2D eigenvalue weighted by Gasteiger charge is 2.21. The molecule has 0 saturated heterocycles. The lowest BCUT2D eigenvalue weighted by molar-refractivity contribution is 0.584. The molecule has 1 N–H and O–H groups in total. The maximum Gasteiger partial charge on any atom is 0.269 e. The van der Waals surface area contributed by atoms with Gasteiger partial charge in [0, 0.05) is 42.8 Å². The first-order chi connectivity index (χ1) is 13.5. The number of fused-ring (bicyclic) bond motifs is 1. The van der Waals surface area contributed by atoms with Gasteiger partial charge in [0.25, 0.3) is 10.0 Å². The predicted octanol–water partition coefficient (Wildman–Crippen LogP) is 3.62. The Labute approximate surface area is 173 Å². The monoisotopic (exact) mass is 432 g/mol. The quantitative estimate of drug-likeness (QED) is 0.487. The van der Waals surface area contributed by atoms with E-state index < -0.39 is 16.0 Å². The molecule has 1 aromatic carbocycles. The summed E-state index contributed by atoms with van der Waals surface area (Å²) in [6.45, 7) is 0.509. The van der Waals surface area contributed by atoms with Gasteiger partial charge in [0.2, 0.25) is 5.95 Å². The number of aromatic nitrogens is 3. The molecule has 4 rings (SSSR count). The van der Waals surface area contributed by atoms with Crippen molar-refractivity contribution >= 4 is 33.3 Å². The van der Waals surface area contributed by atoms with E-state index in [0.717, 1.165) is 10.9 Å². The molecule has 29 heavy (non-hydrogen) atoms. The lowest BCUT2D eigenvalue weighted by Gasteiger charge is -2.08. The largest absolute Gasteiger partial charge is 0.316 e. The van der Waals surface area contributed by atoms with Crippen LogP contribution in [0, 0.1) is 5.95 Å². The van der Waals surface area contributed by atoms with Crippen LogP contribution in [0.2, 0.25) is 0 Å². The van der Waals surface area contributed by atoms with E-state index in [-0.39, 0.29) is 17.3 Å². The second-order valence-corrected chi connectivity index (χ2v) is 8.09. The lowest BCUT2D eigenvalue weighted by Crippen LogP contribution is -2.12. The van der Waals surface area contributed by atoms with Crippen LogP contribution in [0.4, 0.5) is 4.39 Å². The second-order valence-electron chi connectivity index (χ2n) is 6.27. The first-order valence-electron chi connectivity index (χ1n) is 8.57. The van der Waals surface area contributed by atoms with Gasteiger partial charge in [-0.25, -0.2) is 17.4 Å². The average molecular weight is 433 g/mol. The minimum absolute atomic E-state index is 0. The van der Waals surface area contributed by atoms with E-state index >= 15 is 0 Å². The van der Waals surface area contributed by atoms with Gasteiger partial charge < -0.3 is 5.32 Å². The van der Waals surface area contributed by atoms with Crippen molar-refractivity contribution in [3.63, 3.8) is 0 Å². The Morgan fingerprint density at radius 2 is 1.90 bits per heavy atom. The molecule has 0 aliphatic heterocycles. The molecule has 0 atom stereocenters. The number of benzene rings is 1. The summed E-state index contributed by atoms with van der Waals surface area (Å²) in [5.74, 6) is -0.591. The topological polar surface area (TPSA) is 76.9 Å². The smallest absolute Gasteiger partial charge is 0.269 e. The Balaban J connectivity index is 0.00000240. The predicted molar refractivity (Wildman–Crippen MR) is 112 cm³/mol. The minimum Gasteiger partial charge on any atom is -0.316 e. The highest BCUT2D eigenvalue weighted by atomic mass is 35.5. The van der Waals surface area contributed by atoms with Crippen LogP contribution in [0.15, 0.2) is 72.1 Å². The molecule has 0 amide bonds. The summed E-state index contributed by atoms with van der Waals surface area (Å²) < 4.78 is 41.2. The Kier molecular flexibility index (Phi) is 5.97. The molecule has 0 bridgehead atoms. The molecule has 0 fully saturated rings. The van der Waals surface area contributed by atoms with Gasteiger partial charge in [-0.15, -0.1) is 12.4 Å². The van der Waals surface area contributed by atoms with Crippen molar-refractivity contribution in [3.8, 4) is 11.1 Å². The zero-order valence-corrected chi connectivity index (χ0v) is 17.0. The Hall–Kier alpha value is -2.81. The number of nitrogens with one attached hydrogen (secondary N) is 1.